The summed E-state index contributed by atoms with van der Waals surface area (Å²) in [6, 6.07) is 6.82. The number of aliphatic hydroxyl groups excluding tert-OH is 1. The van der Waals surface area contributed by atoms with Gasteiger partial charge in [-0.2, -0.15) is 4.31 Å². The van der Waals surface area contributed by atoms with Crippen molar-refractivity contribution in [3.63, 3.8) is 0 Å². The Kier molecular flexibility index (Phi) is 6.18. The van der Waals surface area contributed by atoms with E-state index in [0.717, 1.165) is 16.4 Å². The van der Waals surface area contributed by atoms with E-state index in [9.17, 15) is 31.4 Å². The topological polar surface area (TPSA) is 116 Å². The highest BCUT2D eigenvalue weighted by molar-refractivity contribution is 7.92. The molecule has 8 nitrogen and oxygen atoms in total. The highest BCUT2D eigenvalue weighted by atomic mass is 35.5. The van der Waals surface area contributed by atoms with Gasteiger partial charge in [-0.25, -0.2) is 26.1 Å². The normalized spacial score (nSPS) is 22.4. The predicted molar refractivity (Wildman–Crippen MR) is 111 cm³/mol. The maximum Gasteiger partial charge on any atom is 0.244 e. The summed E-state index contributed by atoms with van der Waals surface area (Å²) in [6.07, 6.45) is 0. The van der Waals surface area contributed by atoms with Crippen molar-refractivity contribution < 1.29 is 31.4 Å². The number of sulfonamides is 1. The molecule has 2 N–H and O–H groups in total. The maximum atomic E-state index is 14.0. The fourth-order valence-electron chi connectivity index (χ4n) is 3.42. The summed E-state index contributed by atoms with van der Waals surface area (Å²) >= 11 is 6.06. The second-order valence-electron chi connectivity index (χ2n) is 7.25. The van der Waals surface area contributed by atoms with Crippen LogP contribution < -0.4 is 0 Å². The van der Waals surface area contributed by atoms with Crippen molar-refractivity contribution in [2.45, 2.75) is 27.6 Å². The molecule has 2 atom stereocenters. The van der Waals surface area contributed by atoms with Gasteiger partial charge in [0.1, 0.15) is 21.6 Å². The lowest BCUT2D eigenvalue weighted by Crippen LogP contribution is -2.49. The third-order valence-electron chi connectivity index (χ3n) is 5.14. The number of aryl methyl sites for hydroxylation is 1. The molecule has 31 heavy (non-hydrogen) atoms. The summed E-state index contributed by atoms with van der Waals surface area (Å²) in [6.45, 7) is 6.13. The lowest BCUT2D eigenvalue weighted by molar-refractivity contribution is 0.00159. The van der Waals surface area contributed by atoms with Crippen LogP contribution in [0.3, 0.4) is 0 Å². The van der Waals surface area contributed by atoms with Gasteiger partial charge in [0.2, 0.25) is 15.7 Å². The van der Waals surface area contributed by atoms with E-state index in [1.54, 1.807) is 6.92 Å². The summed E-state index contributed by atoms with van der Waals surface area (Å²) in [5.74, 6) is -1.07. The van der Waals surface area contributed by atoms with Crippen LogP contribution in [0.5, 0.6) is 0 Å². The Balaban J connectivity index is 2.04. The van der Waals surface area contributed by atoms with Gasteiger partial charge in [-0.15, -0.1) is 0 Å². The van der Waals surface area contributed by atoms with Crippen molar-refractivity contribution in [3.8, 4) is 0 Å². The first-order valence-corrected chi connectivity index (χ1v) is 12.2. The van der Waals surface area contributed by atoms with Gasteiger partial charge in [0, 0.05) is 13.1 Å². The van der Waals surface area contributed by atoms with Gasteiger partial charge in [-0.3, -0.25) is 0 Å². The molecule has 0 aromatic heterocycles. The van der Waals surface area contributed by atoms with E-state index in [1.807, 2.05) is 0 Å². The van der Waals surface area contributed by atoms with Gasteiger partial charge in [0.05, 0.1) is 23.1 Å². The van der Waals surface area contributed by atoms with Gasteiger partial charge < -0.3 is 10.2 Å². The van der Waals surface area contributed by atoms with Gasteiger partial charge in [-0.05, 0) is 30.7 Å². The standard InChI is InChI=1S/C19H18ClFN2O6S2/c1-12-3-6-17(14(20)7-12)31(28,29)23-9-18(19(25,10-23)11-24)30(26,27)13-4-5-16(22-2)15(21)8-13/h3-8,18,24-25H,9-11H2,1H3/t18-,19+/m0/s1. The third kappa shape index (κ3) is 4.07. The van der Waals surface area contributed by atoms with Crippen LogP contribution in [0, 0.1) is 19.3 Å². The number of nitrogens with zero attached hydrogens (tertiary/aromatic N) is 2. The molecule has 2 aromatic carbocycles. The van der Waals surface area contributed by atoms with Crippen molar-refractivity contribution >= 4 is 37.1 Å². The second kappa shape index (κ2) is 8.12. The summed E-state index contributed by atoms with van der Waals surface area (Å²) in [5, 5.41) is 18.7. The zero-order valence-electron chi connectivity index (χ0n) is 16.2. The molecule has 0 saturated carbocycles. The average Bonchev–Trinajstić information content (AvgIpc) is 3.07. The molecule has 1 aliphatic rings. The second-order valence-corrected chi connectivity index (χ2v) is 11.7. The van der Waals surface area contributed by atoms with Crippen LogP contribution in [-0.2, 0) is 19.9 Å². The zero-order chi connectivity index (χ0) is 23.2. The van der Waals surface area contributed by atoms with Crippen molar-refractivity contribution in [2.24, 2.45) is 0 Å². The first-order valence-electron chi connectivity index (χ1n) is 8.87. The minimum Gasteiger partial charge on any atom is -0.393 e. The molecule has 0 radical (unpaired) electrons. The number of aliphatic hydroxyl groups is 2. The molecular weight excluding hydrogens is 471 g/mol. The minimum atomic E-state index is -4.49. The molecule has 0 spiro atoms. The highest BCUT2D eigenvalue weighted by Gasteiger charge is 2.55. The van der Waals surface area contributed by atoms with Crippen LogP contribution in [0.15, 0.2) is 46.2 Å². The summed E-state index contributed by atoms with van der Waals surface area (Å²) in [4.78, 5) is 2.11. The lowest BCUT2D eigenvalue weighted by Gasteiger charge is -2.26. The fraction of sp³-hybridized carbons (Fsp3) is 0.316. The Hall–Kier alpha value is -2.07. The molecule has 166 valence electrons. The largest absolute Gasteiger partial charge is 0.393 e. The SMILES string of the molecule is [C-]#[N+]c1ccc(S(=O)(=O)[C@H]2CN(S(=O)(=O)c3ccc(C)cc3Cl)C[C@@]2(O)CO)cc1F. The summed E-state index contributed by atoms with van der Waals surface area (Å²) < 4.78 is 67.1. The first kappa shape index (κ1) is 23.6. The number of β-amino-alcohol motifs (C(OH)–C–C–N with tert-alkyl or cyclic N) is 1. The van der Waals surface area contributed by atoms with E-state index in [1.165, 1.54) is 18.2 Å². The predicted octanol–water partition coefficient (Wildman–Crippen LogP) is 1.91. The molecular formula is C19H18ClFN2O6S2. The van der Waals surface area contributed by atoms with Crippen molar-refractivity contribution in [1.29, 1.82) is 0 Å². The quantitative estimate of drug-likeness (QED) is 0.621. The van der Waals surface area contributed by atoms with E-state index >= 15 is 0 Å². The van der Waals surface area contributed by atoms with E-state index in [4.69, 9.17) is 18.2 Å². The molecule has 1 fully saturated rings. The fourth-order valence-corrected chi connectivity index (χ4v) is 7.56. The molecule has 0 bridgehead atoms. The van der Waals surface area contributed by atoms with Gasteiger partial charge >= 0.3 is 0 Å². The molecule has 3 rings (SSSR count). The molecule has 1 heterocycles. The van der Waals surface area contributed by atoms with Crippen molar-refractivity contribution in [3.05, 3.63) is 64.2 Å². The third-order valence-corrected chi connectivity index (χ3v) is 9.68. The van der Waals surface area contributed by atoms with E-state index in [-0.39, 0.29) is 15.6 Å². The van der Waals surface area contributed by atoms with Crippen LogP contribution in [0.25, 0.3) is 4.85 Å². The van der Waals surface area contributed by atoms with Crippen LogP contribution in [0.1, 0.15) is 5.56 Å². The molecule has 2 aromatic rings. The molecule has 0 aliphatic carbocycles. The maximum absolute atomic E-state index is 14.0. The molecule has 1 saturated heterocycles. The average molecular weight is 489 g/mol. The number of hydrogen-bond acceptors (Lipinski definition) is 6. The van der Waals surface area contributed by atoms with E-state index in [2.05, 4.69) is 4.85 Å². The number of halogens is 2. The molecule has 12 heteroatoms. The lowest BCUT2D eigenvalue weighted by atomic mass is 10.1. The van der Waals surface area contributed by atoms with E-state index in [0.29, 0.717) is 11.6 Å². The first-order chi connectivity index (χ1) is 14.4. The number of rotatable bonds is 5. The number of sulfone groups is 1. The van der Waals surface area contributed by atoms with Crippen LogP contribution in [0.4, 0.5) is 10.1 Å². The molecule has 1 aliphatic heterocycles. The van der Waals surface area contributed by atoms with Crippen molar-refractivity contribution in [1.82, 2.24) is 4.31 Å². The Morgan fingerprint density at radius 3 is 2.48 bits per heavy atom. The Labute approximate surface area is 184 Å². The molecule has 0 unspecified atom stereocenters. The van der Waals surface area contributed by atoms with Crippen LogP contribution in [0.2, 0.25) is 5.02 Å². The Bertz CT molecular complexity index is 1290. The zero-order valence-corrected chi connectivity index (χ0v) is 18.5. The monoisotopic (exact) mass is 488 g/mol. The summed E-state index contributed by atoms with van der Waals surface area (Å²) in [7, 11) is -8.80. The minimum absolute atomic E-state index is 0.0735. The van der Waals surface area contributed by atoms with Gasteiger partial charge in [0.25, 0.3) is 0 Å². The Morgan fingerprint density at radius 1 is 1.26 bits per heavy atom. The van der Waals surface area contributed by atoms with Gasteiger partial charge in [0.15, 0.2) is 9.84 Å². The van der Waals surface area contributed by atoms with Crippen molar-refractivity contribution in [2.75, 3.05) is 19.7 Å². The Morgan fingerprint density at radius 2 is 1.94 bits per heavy atom. The number of benzene rings is 2. The smallest absolute Gasteiger partial charge is 0.244 e. The number of hydrogen-bond donors (Lipinski definition) is 2. The summed E-state index contributed by atoms with van der Waals surface area (Å²) in [5.41, 5.74) is -2.01. The van der Waals surface area contributed by atoms with Crippen LogP contribution in [-0.4, -0.2) is 61.9 Å². The highest BCUT2D eigenvalue weighted by Crippen LogP contribution is 2.36. The molecule has 0 amide bonds. The van der Waals surface area contributed by atoms with Gasteiger partial charge in [-0.1, -0.05) is 29.8 Å². The van der Waals surface area contributed by atoms with E-state index < -0.39 is 61.1 Å². The van der Waals surface area contributed by atoms with Crippen LogP contribution >= 0.6 is 11.6 Å².